The molecule has 1 fully saturated rings. The van der Waals surface area contributed by atoms with E-state index < -0.39 is 4.92 Å². The lowest BCUT2D eigenvalue weighted by Crippen LogP contribution is -2.39. The summed E-state index contributed by atoms with van der Waals surface area (Å²) in [7, 11) is 0. The Balaban J connectivity index is 2.03. The fourth-order valence-electron chi connectivity index (χ4n) is 2.34. The summed E-state index contributed by atoms with van der Waals surface area (Å²) in [5.41, 5.74) is 0. The zero-order chi connectivity index (χ0) is 13.8. The van der Waals surface area contributed by atoms with Crippen LogP contribution in [0, 0.1) is 16.0 Å². The van der Waals surface area contributed by atoms with Gasteiger partial charge in [-0.05, 0) is 31.2 Å². The van der Waals surface area contributed by atoms with Crippen LogP contribution in [0.5, 0.6) is 0 Å². The van der Waals surface area contributed by atoms with Crippen molar-refractivity contribution in [2.24, 2.45) is 5.92 Å². The molecule has 1 aromatic heterocycles. The topological polar surface area (TPSA) is 63.4 Å². The highest BCUT2D eigenvalue weighted by molar-refractivity contribution is 9.09. The second-order valence-electron chi connectivity index (χ2n) is 4.63. The summed E-state index contributed by atoms with van der Waals surface area (Å²) >= 11 is 4.39. The molecule has 2 heterocycles. The van der Waals surface area contributed by atoms with Crippen LogP contribution in [0.4, 0.5) is 5.00 Å². The molecule has 104 valence electrons. The molecule has 1 amide bonds. The molecule has 1 aliphatic heterocycles. The molecule has 7 heteroatoms. The Bertz CT molecular complexity index is 475. The molecule has 5 nitrogen and oxygen atoms in total. The summed E-state index contributed by atoms with van der Waals surface area (Å²) in [6.07, 6.45) is 3.23. The highest BCUT2D eigenvalue weighted by Crippen LogP contribution is 2.27. The zero-order valence-electron chi connectivity index (χ0n) is 10.4. The van der Waals surface area contributed by atoms with Crippen LogP contribution >= 0.6 is 27.3 Å². The highest BCUT2D eigenvalue weighted by Gasteiger charge is 2.26. The van der Waals surface area contributed by atoms with Gasteiger partial charge in [-0.2, -0.15) is 0 Å². The van der Waals surface area contributed by atoms with E-state index in [1.165, 1.54) is 6.07 Å². The fraction of sp³-hybridized carbons (Fsp3) is 0.583. The first-order chi connectivity index (χ1) is 9.11. The van der Waals surface area contributed by atoms with Gasteiger partial charge in [-0.1, -0.05) is 27.3 Å². The minimum atomic E-state index is -0.453. The number of amides is 1. The van der Waals surface area contributed by atoms with Gasteiger partial charge in [0.1, 0.15) is 0 Å². The van der Waals surface area contributed by atoms with Crippen molar-refractivity contribution in [2.75, 3.05) is 18.4 Å². The summed E-state index contributed by atoms with van der Waals surface area (Å²) in [6, 6.07) is 2.96. The van der Waals surface area contributed by atoms with Gasteiger partial charge in [0.25, 0.3) is 5.91 Å². The summed E-state index contributed by atoms with van der Waals surface area (Å²) in [6.45, 7) is 1.51. The second kappa shape index (κ2) is 6.47. The Morgan fingerprint density at radius 2 is 2.37 bits per heavy atom. The molecular weight excluding hydrogens is 332 g/mol. The van der Waals surface area contributed by atoms with E-state index in [0.29, 0.717) is 10.8 Å². The van der Waals surface area contributed by atoms with Gasteiger partial charge < -0.3 is 4.90 Å². The van der Waals surface area contributed by atoms with Gasteiger partial charge in [-0.15, -0.1) is 0 Å². The van der Waals surface area contributed by atoms with E-state index in [9.17, 15) is 14.9 Å². The van der Waals surface area contributed by atoms with E-state index in [0.717, 1.165) is 49.0 Å². The summed E-state index contributed by atoms with van der Waals surface area (Å²) in [5, 5.41) is 11.6. The lowest BCUT2D eigenvalue weighted by Gasteiger charge is -2.32. The molecule has 0 radical (unpaired) electrons. The average molecular weight is 347 g/mol. The van der Waals surface area contributed by atoms with Crippen LogP contribution in [0.3, 0.4) is 0 Å². The Morgan fingerprint density at radius 1 is 1.58 bits per heavy atom. The number of hydrogen-bond acceptors (Lipinski definition) is 4. The lowest BCUT2D eigenvalue weighted by atomic mass is 9.95. The third kappa shape index (κ3) is 3.54. The summed E-state index contributed by atoms with van der Waals surface area (Å²) in [4.78, 5) is 24.8. The fourth-order valence-corrected chi connectivity index (χ4v) is 3.77. The van der Waals surface area contributed by atoms with E-state index in [1.54, 1.807) is 6.07 Å². The van der Waals surface area contributed by atoms with Crippen LogP contribution in [0.1, 0.15) is 28.9 Å². The van der Waals surface area contributed by atoms with Crippen molar-refractivity contribution in [3.63, 3.8) is 0 Å². The third-order valence-electron chi connectivity index (χ3n) is 3.31. The van der Waals surface area contributed by atoms with E-state index in [4.69, 9.17) is 0 Å². The number of carbonyl (C=O) groups excluding carboxylic acids is 1. The molecule has 1 aromatic rings. The number of thiophene rings is 1. The molecule has 0 aliphatic carbocycles. The van der Waals surface area contributed by atoms with Gasteiger partial charge in [-0.25, -0.2) is 0 Å². The van der Waals surface area contributed by atoms with Gasteiger partial charge in [-0.3, -0.25) is 14.9 Å². The number of alkyl halides is 1. The second-order valence-corrected chi connectivity index (χ2v) is 6.49. The molecule has 0 bridgehead atoms. The number of carbonyl (C=O) groups is 1. The number of halogens is 1. The first-order valence-electron chi connectivity index (χ1n) is 6.21. The Kier molecular flexibility index (Phi) is 4.93. The van der Waals surface area contributed by atoms with Gasteiger partial charge in [0.15, 0.2) is 0 Å². The first-order valence-corrected chi connectivity index (χ1v) is 8.15. The Labute approximate surface area is 123 Å². The van der Waals surface area contributed by atoms with Crippen molar-refractivity contribution in [2.45, 2.75) is 19.3 Å². The maximum absolute atomic E-state index is 12.3. The molecular formula is C12H15BrN2O3S. The van der Waals surface area contributed by atoms with Gasteiger partial charge in [0.2, 0.25) is 0 Å². The lowest BCUT2D eigenvalue weighted by molar-refractivity contribution is -0.380. The van der Waals surface area contributed by atoms with Crippen molar-refractivity contribution in [3.05, 3.63) is 27.1 Å². The number of nitro groups is 1. The number of nitrogens with zero attached hydrogens (tertiary/aromatic N) is 2. The largest absolute Gasteiger partial charge is 0.338 e. The molecule has 0 saturated carbocycles. The summed E-state index contributed by atoms with van der Waals surface area (Å²) < 4.78 is 0. The van der Waals surface area contributed by atoms with Crippen LogP contribution in [0.2, 0.25) is 0 Å². The molecule has 0 aromatic carbocycles. The molecule has 1 atom stereocenters. The monoisotopic (exact) mass is 346 g/mol. The first kappa shape index (κ1) is 14.5. The van der Waals surface area contributed by atoms with Crippen LogP contribution in [0.15, 0.2) is 12.1 Å². The predicted molar refractivity (Wildman–Crippen MR) is 78.0 cm³/mol. The predicted octanol–water partition coefficient (Wildman–Crippen LogP) is 3.29. The van der Waals surface area contributed by atoms with Crippen LogP contribution < -0.4 is 0 Å². The Morgan fingerprint density at radius 3 is 3.00 bits per heavy atom. The maximum Gasteiger partial charge on any atom is 0.324 e. The highest BCUT2D eigenvalue weighted by atomic mass is 79.9. The minimum Gasteiger partial charge on any atom is -0.338 e. The molecule has 2 rings (SSSR count). The third-order valence-corrected chi connectivity index (χ3v) is 4.79. The van der Waals surface area contributed by atoms with Crippen molar-refractivity contribution in [1.29, 1.82) is 0 Å². The SMILES string of the molecule is O=C(c1ccc([N+](=O)[O-])s1)N1CCCC(CCBr)C1. The number of likely N-dealkylation sites (tertiary alicyclic amines) is 1. The quantitative estimate of drug-likeness (QED) is 0.477. The van der Waals surface area contributed by atoms with Crippen molar-refractivity contribution < 1.29 is 9.72 Å². The van der Waals surface area contributed by atoms with E-state index >= 15 is 0 Å². The molecule has 1 aliphatic rings. The van der Waals surface area contributed by atoms with Crippen LogP contribution in [-0.4, -0.2) is 34.2 Å². The molecule has 19 heavy (non-hydrogen) atoms. The Hall–Kier alpha value is -0.950. The number of rotatable bonds is 4. The van der Waals surface area contributed by atoms with Crippen molar-refractivity contribution in [1.82, 2.24) is 4.90 Å². The standard InChI is InChI=1S/C12H15BrN2O3S/c13-6-5-9-2-1-7-14(8-9)12(16)10-3-4-11(19-10)15(17)18/h3-4,9H,1-2,5-8H2. The van der Waals surface area contributed by atoms with E-state index in [-0.39, 0.29) is 10.9 Å². The van der Waals surface area contributed by atoms with Gasteiger partial charge >= 0.3 is 5.00 Å². The van der Waals surface area contributed by atoms with E-state index in [2.05, 4.69) is 15.9 Å². The number of hydrogen-bond donors (Lipinski definition) is 0. The zero-order valence-corrected chi connectivity index (χ0v) is 12.8. The summed E-state index contributed by atoms with van der Waals surface area (Å²) in [5.74, 6) is 0.462. The van der Waals surface area contributed by atoms with Crippen molar-refractivity contribution >= 4 is 38.2 Å². The maximum atomic E-state index is 12.3. The minimum absolute atomic E-state index is 0.0253. The smallest absolute Gasteiger partial charge is 0.324 e. The van der Waals surface area contributed by atoms with Crippen molar-refractivity contribution in [3.8, 4) is 0 Å². The van der Waals surface area contributed by atoms with E-state index in [1.807, 2.05) is 4.90 Å². The molecule has 1 unspecified atom stereocenters. The van der Waals surface area contributed by atoms with Crippen LogP contribution in [0.25, 0.3) is 0 Å². The molecule has 1 saturated heterocycles. The molecule has 0 N–H and O–H groups in total. The molecule has 0 spiro atoms. The average Bonchev–Trinajstić information content (AvgIpc) is 2.88. The van der Waals surface area contributed by atoms with Crippen LogP contribution in [-0.2, 0) is 0 Å². The normalized spacial score (nSPS) is 19.4. The van der Waals surface area contributed by atoms with Gasteiger partial charge in [0.05, 0.1) is 9.80 Å². The number of piperidine rings is 1. The van der Waals surface area contributed by atoms with Gasteiger partial charge in [0, 0.05) is 24.5 Å².